The summed E-state index contributed by atoms with van der Waals surface area (Å²) in [5.74, 6) is 0.290. The molecule has 0 spiro atoms. The number of nitrogens with one attached hydrogen (secondary N) is 1. The fourth-order valence-corrected chi connectivity index (χ4v) is 3.38. The van der Waals surface area contributed by atoms with Gasteiger partial charge in [0.1, 0.15) is 16.5 Å². The van der Waals surface area contributed by atoms with Crippen LogP contribution in [0.2, 0.25) is 0 Å². The van der Waals surface area contributed by atoms with E-state index in [1.54, 1.807) is 24.6 Å². The quantitative estimate of drug-likeness (QED) is 0.609. The lowest BCUT2D eigenvalue weighted by Gasteiger charge is -2.14. The highest BCUT2D eigenvalue weighted by atomic mass is 32.1. The van der Waals surface area contributed by atoms with E-state index in [-0.39, 0.29) is 17.5 Å². The molecule has 0 saturated heterocycles. The molecule has 1 N–H and O–H groups in total. The van der Waals surface area contributed by atoms with Crippen molar-refractivity contribution in [1.82, 2.24) is 4.98 Å². The number of methoxy groups -OCH3 is 1. The lowest BCUT2D eigenvalue weighted by molar-refractivity contribution is 0.102. The molecule has 0 fully saturated rings. The molecule has 28 heavy (non-hydrogen) atoms. The van der Waals surface area contributed by atoms with Gasteiger partial charge in [0.05, 0.1) is 18.9 Å². The Morgan fingerprint density at radius 3 is 2.68 bits per heavy atom. The maximum absolute atomic E-state index is 13.9. The van der Waals surface area contributed by atoms with Crippen molar-refractivity contribution in [3.8, 4) is 22.1 Å². The molecule has 7 heteroatoms. The Morgan fingerprint density at radius 1 is 1.18 bits per heavy atom. The summed E-state index contributed by atoms with van der Waals surface area (Å²) in [4.78, 5) is 16.8. The number of carbonyl (C=O) groups excluding carboxylic acids is 1. The molecule has 1 amide bonds. The average molecular weight is 400 g/mol. The molecule has 1 heterocycles. The largest absolute Gasteiger partial charge is 0.493 e. The average Bonchev–Trinajstić information content (AvgIpc) is 3.15. The first-order valence-corrected chi connectivity index (χ1v) is 9.63. The van der Waals surface area contributed by atoms with Gasteiger partial charge in [-0.3, -0.25) is 4.79 Å². The van der Waals surface area contributed by atoms with Crippen LogP contribution in [0.1, 0.15) is 29.9 Å². The highest BCUT2D eigenvalue weighted by Crippen LogP contribution is 2.34. The summed E-state index contributed by atoms with van der Waals surface area (Å²) >= 11 is 1.33. The van der Waals surface area contributed by atoms with Crippen LogP contribution in [-0.4, -0.2) is 24.1 Å². The van der Waals surface area contributed by atoms with Crippen molar-refractivity contribution in [3.05, 3.63) is 58.9 Å². The SMILES string of the molecule is COc1cc(-c2nc(C(=O)Nc3cc(C)ccc3F)cs2)ccc1OC(C)C. The second-order valence-corrected chi connectivity index (χ2v) is 7.37. The Morgan fingerprint density at radius 2 is 1.96 bits per heavy atom. The van der Waals surface area contributed by atoms with Crippen LogP contribution in [0.25, 0.3) is 10.6 Å². The summed E-state index contributed by atoms with van der Waals surface area (Å²) in [7, 11) is 1.57. The van der Waals surface area contributed by atoms with Crippen LogP contribution in [0.5, 0.6) is 11.5 Å². The normalized spacial score (nSPS) is 10.8. The van der Waals surface area contributed by atoms with Crippen LogP contribution in [0.3, 0.4) is 0 Å². The van der Waals surface area contributed by atoms with E-state index in [0.717, 1.165) is 11.1 Å². The lowest BCUT2D eigenvalue weighted by Crippen LogP contribution is -2.13. The summed E-state index contributed by atoms with van der Waals surface area (Å²) < 4.78 is 25.0. The lowest BCUT2D eigenvalue weighted by atomic mass is 10.2. The van der Waals surface area contributed by atoms with Crippen LogP contribution >= 0.6 is 11.3 Å². The van der Waals surface area contributed by atoms with E-state index >= 15 is 0 Å². The fraction of sp³-hybridized carbons (Fsp3) is 0.238. The van der Waals surface area contributed by atoms with E-state index in [2.05, 4.69) is 10.3 Å². The second-order valence-electron chi connectivity index (χ2n) is 6.51. The monoisotopic (exact) mass is 400 g/mol. The molecule has 0 unspecified atom stereocenters. The number of thiazole rings is 1. The number of hydrogen-bond acceptors (Lipinski definition) is 5. The maximum atomic E-state index is 13.9. The number of halogens is 1. The van der Waals surface area contributed by atoms with Gasteiger partial charge in [0, 0.05) is 10.9 Å². The molecule has 0 radical (unpaired) electrons. The standard InChI is InChI=1S/C21H21FN2O3S/c1-12(2)27-18-8-6-14(10-19(18)26-4)21-24-17(11-28-21)20(25)23-16-9-13(3)5-7-15(16)22/h5-12H,1-4H3,(H,23,25). The van der Waals surface area contributed by atoms with Crippen LogP contribution in [0.15, 0.2) is 41.8 Å². The molecule has 0 saturated carbocycles. The van der Waals surface area contributed by atoms with E-state index in [0.29, 0.717) is 16.5 Å². The predicted octanol–water partition coefficient (Wildman–Crippen LogP) is 5.31. The first kappa shape index (κ1) is 19.8. The van der Waals surface area contributed by atoms with Crippen molar-refractivity contribution in [2.75, 3.05) is 12.4 Å². The van der Waals surface area contributed by atoms with Crippen LogP contribution in [0.4, 0.5) is 10.1 Å². The number of carbonyl (C=O) groups is 1. The molecule has 3 rings (SSSR count). The van der Waals surface area contributed by atoms with Crippen molar-refractivity contribution in [3.63, 3.8) is 0 Å². The van der Waals surface area contributed by atoms with Crippen LogP contribution < -0.4 is 14.8 Å². The molecular weight excluding hydrogens is 379 g/mol. The molecule has 2 aromatic carbocycles. The third kappa shape index (κ3) is 4.48. The van der Waals surface area contributed by atoms with Crippen molar-refractivity contribution < 1.29 is 18.7 Å². The zero-order chi connectivity index (χ0) is 20.3. The minimum absolute atomic E-state index is 0.0249. The highest BCUT2D eigenvalue weighted by molar-refractivity contribution is 7.13. The number of ether oxygens (including phenoxy) is 2. The van der Waals surface area contributed by atoms with Gasteiger partial charge in [0.2, 0.25) is 0 Å². The van der Waals surface area contributed by atoms with Crippen molar-refractivity contribution in [2.24, 2.45) is 0 Å². The molecule has 146 valence electrons. The van der Waals surface area contributed by atoms with E-state index in [9.17, 15) is 9.18 Å². The summed E-state index contributed by atoms with van der Waals surface area (Å²) in [6.07, 6.45) is 0.0249. The maximum Gasteiger partial charge on any atom is 0.275 e. The minimum Gasteiger partial charge on any atom is -0.493 e. The Bertz CT molecular complexity index is 1000. The van der Waals surface area contributed by atoms with Gasteiger partial charge < -0.3 is 14.8 Å². The minimum atomic E-state index is -0.486. The topological polar surface area (TPSA) is 60.5 Å². The number of anilines is 1. The number of aryl methyl sites for hydroxylation is 1. The van der Waals surface area contributed by atoms with Crippen LogP contribution in [0, 0.1) is 12.7 Å². The summed E-state index contributed by atoms with van der Waals surface area (Å²) in [5, 5.41) is 4.87. The molecule has 0 aliphatic heterocycles. The summed E-state index contributed by atoms with van der Waals surface area (Å²) in [6.45, 7) is 5.71. The number of hydrogen-bond donors (Lipinski definition) is 1. The highest BCUT2D eigenvalue weighted by Gasteiger charge is 2.16. The van der Waals surface area contributed by atoms with E-state index in [4.69, 9.17) is 9.47 Å². The van der Waals surface area contributed by atoms with Gasteiger partial charge in [0.25, 0.3) is 5.91 Å². The van der Waals surface area contributed by atoms with E-state index < -0.39 is 11.7 Å². The number of rotatable bonds is 6. The first-order valence-electron chi connectivity index (χ1n) is 8.75. The molecule has 0 bridgehead atoms. The zero-order valence-corrected chi connectivity index (χ0v) is 16.9. The molecular formula is C21H21FN2O3S. The van der Waals surface area contributed by atoms with Crippen molar-refractivity contribution >= 4 is 22.9 Å². The van der Waals surface area contributed by atoms with Gasteiger partial charge in [-0.25, -0.2) is 9.37 Å². The zero-order valence-electron chi connectivity index (χ0n) is 16.1. The Balaban J connectivity index is 1.81. The molecule has 5 nitrogen and oxygen atoms in total. The number of benzene rings is 2. The molecule has 3 aromatic rings. The molecule has 0 atom stereocenters. The summed E-state index contributed by atoms with van der Waals surface area (Å²) in [5.41, 5.74) is 2.02. The molecule has 1 aromatic heterocycles. The Kier molecular flexibility index (Phi) is 5.94. The predicted molar refractivity (Wildman–Crippen MR) is 109 cm³/mol. The Labute approximate surface area is 167 Å². The van der Waals surface area contributed by atoms with Crippen molar-refractivity contribution in [1.29, 1.82) is 0 Å². The molecule has 0 aliphatic carbocycles. The number of amides is 1. The molecule has 0 aliphatic rings. The van der Waals surface area contributed by atoms with Gasteiger partial charge >= 0.3 is 0 Å². The summed E-state index contributed by atoms with van der Waals surface area (Å²) in [6, 6.07) is 10.0. The Hall–Kier alpha value is -2.93. The van der Waals surface area contributed by atoms with Gasteiger partial charge in [-0.15, -0.1) is 11.3 Å². The van der Waals surface area contributed by atoms with E-state index in [1.165, 1.54) is 17.4 Å². The number of aromatic nitrogens is 1. The van der Waals surface area contributed by atoms with Gasteiger partial charge in [-0.05, 0) is 56.7 Å². The van der Waals surface area contributed by atoms with Gasteiger partial charge in [-0.1, -0.05) is 6.07 Å². The third-order valence-corrected chi connectivity index (χ3v) is 4.77. The van der Waals surface area contributed by atoms with Crippen LogP contribution in [-0.2, 0) is 0 Å². The smallest absolute Gasteiger partial charge is 0.275 e. The number of nitrogens with zero attached hydrogens (tertiary/aromatic N) is 1. The first-order chi connectivity index (χ1) is 13.4. The van der Waals surface area contributed by atoms with E-state index in [1.807, 2.05) is 39.0 Å². The second kappa shape index (κ2) is 8.39. The van der Waals surface area contributed by atoms with Gasteiger partial charge in [-0.2, -0.15) is 0 Å². The van der Waals surface area contributed by atoms with Crippen molar-refractivity contribution in [2.45, 2.75) is 26.9 Å². The van der Waals surface area contributed by atoms with Gasteiger partial charge in [0.15, 0.2) is 11.5 Å². The fourth-order valence-electron chi connectivity index (χ4n) is 2.58. The third-order valence-electron chi connectivity index (χ3n) is 3.88.